The molecule has 0 unspecified atom stereocenters. The molecule has 0 radical (unpaired) electrons. The fraction of sp³-hybridized carbons (Fsp3) is 0.417. The Morgan fingerprint density at radius 2 is 2.19 bits per heavy atom. The summed E-state index contributed by atoms with van der Waals surface area (Å²) in [5.74, 6) is -0.349. The van der Waals surface area contributed by atoms with Gasteiger partial charge in [-0.25, -0.2) is 4.79 Å². The molecule has 0 saturated heterocycles. The third kappa shape index (κ3) is 2.89. The Hall–Kier alpha value is -1.71. The van der Waals surface area contributed by atoms with Gasteiger partial charge in [-0.05, 0) is 32.9 Å². The van der Waals surface area contributed by atoms with Gasteiger partial charge in [0.1, 0.15) is 0 Å². The number of nitrogen functional groups attached to an aromatic ring is 1. The summed E-state index contributed by atoms with van der Waals surface area (Å²) in [6.07, 6.45) is 0. The molecule has 0 bridgehead atoms. The number of benzene rings is 1. The summed E-state index contributed by atoms with van der Waals surface area (Å²) in [5, 5.41) is 3.16. The smallest absolute Gasteiger partial charge is 0.340 e. The summed E-state index contributed by atoms with van der Waals surface area (Å²) in [6, 6.07) is 5.41. The summed E-state index contributed by atoms with van der Waals surface area (Å²) in [4.78, 5) is 11.7. The minimum atomic E-state index is -0.349. The number of esters is 1. The maximum absolute atomic E-state index is 11.7. The topological polar surface area (TPSA) is 64.3 Å². The van der Waals surface area contributed by atoms with Crippen LogP contribution in [0.1, 0.15) is 31.1 Å². The number of anilines is 2. The molecular formula is C12H18N2O2. The Bertz CT molecular complexity index is 375. The molecule has 0 aliphatic carbocycles. The zero-order valence-corrected chi connectivity index (χ0v) is 9.91. The van der Waals surface area contributed by atoms with E-state index in [4.69, 9.17) is 10.5 Å². The Kier molecular flexibility index (Phi) is 4.17. The van der Waals surface area contributed by atoms with Crippen LogP contribution >= 0.6 is 0 Å². The molecule has 0 amide bonds. The first-order chi connectivity index (χ1) is 7.56. The van der Waals surface area contributed by atoms with Crippen LogP contribution in [0.15, 0.2) is 18.2 Å². The van der Waals surface area contributed by atoms with Crippen LogP contribution in [0, 0.1) is 0 Å². The predicted molar refractivity (Wildman–Crippen MR) is 65.6 cm³/mol. The number of rotatable bonds is 4. The lowest BCUT2D eigenvalue weighted by molar-refractivity contribution is 0.0527. The molecule has 4 nitrogen and oxygen atoms in total. The zero-order chi connectivity index (χ0) is 12.1. The molecule has 0 atom stereocenters. The van der Waals surface area contributed by atoms with Gasteiger partial charge in [0.2, 0.25) is 0 Å². The maximum Gasteiger partial charge on any atom is 0.340 e. The Labute approximate surface area is 95.8 Å². The molecule has 4 heteroatoms. The van der Waals surface area contributed by atoms with Crippen LogP contribution in [-0.2, 0) is 4.74 Å². The van der Waals surface area contributed by atoms with E-state index in [1.165, 1.54) is 0 Å². The summed E-state index contributed by atoms with van der Waals surface area (Å²) in [6.45, 7) is 6.11. The van der Waals surface area contributed by atoms with Crippen LogP contribution in [0.5, 0.6) is 0 Å². The molecule has 0 heterocycles. The number of carbonyl (C=O) groups excluding carboxylic acids is 1. The monoisotopic (exact) mass is 222 g/mol. The van der Waals surface area contributed by atoms with Crippen molar-refractivity contribution < 1.29 is 9.53 Å². The van der Waals surface area contributed by atoms with Crippen molar-refractivity contribution in [3.63, 3.8) is 0 Å². The van der Waals surface area contributed by atoms with Gasteiger partial charge >= 0.3 is 5.97 Å². The second-order valence-corrected chi connectivity index (χ2v) is 3.79. The molecule has 0 saturated carbocycles. The first kappa shape index (κ1) is 12.4. The van der Waals surface area contributed by atoms with Crippen molar-refractivity contribution in [1.82, 2.24) is 0 Å². The lowest BCUT2D eigenvalue weighted by atomic mass is 10.1. The van der Waals surface area contributed by atoms with E-state index in [9.17, 15) is 4.79 Å². The highest BCUT2D eigenvalue weighted by molar-refractivity contribution is 5.98. The van der Waals surface area contributed by atoms with Gasteiger partial charge in [0.25, 0.3) is 0 Å². The van der Waals surface area contributed by atoms with E-state index in [1.54, 1.807) is 25.1 Å². The molecule has 88 valence electrons. The van der Waals surface area contributed by atoms with Crippen molar-refractivity contribution in [1.29, 1.82) is 0 Å². The Balaban J connectivity index is 3.07. The number of carbonyl (C=O) groups is 1. The van der Waals surface area contributed by atoms with Gasteiger partial charge in [0, 0.05) is 6.04 Å². The molecule has 1 rings (SSSR count). The van der Waals surface area contributed by atoms with Gasteiger partial charge in [-0.15, -0.1) is 0 Å². The van der Waals surface area contributed by atoms with Gasteiger partial charge in [-0.1, -0.05) is 6.07 Å². The molecule has 0 fully saturated rings. The quantitative estimate of drug-likeness (QED) is 0.606. The summed E-state index contributed by atoms with van der Waals surface area (Å²) >= 11 is 0. The van der Waals surface area contributed by atoms with E-state index in [0.717, 1.165) is 0 Å². The van der Waals surface area contributed by atoms with E-state index >= 15 is 0 Å². The second kappa shape index (κ2) is 5.39. The molecule has 1 aromatic carbocycles. The molecule has 16 heavy (non-hydrogen) atoms. The van der Waals surface area contributed by atoms with Gasteiger partial charge in [-0.2, -0.15) is 0 Å². The zero-order valence-electron chi connectivity index (χ0n) is 9.91. The van der Waals surface area contributed by atoms with E-state index < -0.39 is 0 Å². The average Bonchev–Trinajstić information content (AvgIpc) is 2.20. The first-order valence-corrected chi connectivity index (χ1v) is 5.38. The number of hydrogen-bond donors (Lipinski definition) is 2. The average molecular weight is 222 g/mol. The number of nitrogens with two attached hydrogens (primary N) is 1. The van der Waals surface area contributed by atoms with Crippen LogP contribution in [0.4, 0.5) is 11.4 Å². The van der Waals surface area contributed by atoms with Crippen LogP contribution in [0.3, 0.4) is 0 Å². The van der Waals surface area contributed by atoms with E-state index in [0.29, 0.717) is 23.5 Å². The van der Waals surface area contributed by atoms with Gasteiger partial charge in [-0.3, -0.25) is 0 Å². The lowest BCUT2D eigenvalue weighted by Gasteiger charge is -2.16. The van der Waals surface area contributed by atoms with Gasteiger partial charge in [0.15, 0.2) is 0 Å². The fourth-order valence-electron chi connectivity index (χ4n) is 1.40. The predicted octanol–water partition coefficient (Wildman–Crippen LogP) is 2.27. The van der Waals surface area contributed by atoms with Crippen LogP contribution in [0.2, 0.25) is 0 Å². The standard InChI is InChI=1S/C12H18N2O2/c1-4-16-12(15)9-6-5-7-10(13)11(9)14-8(2)3/h5-8,14H,4,13H2,1-3H3. The summed E-state index contributed by atoms with van der Waals surface area (Å²) in [5.41, 5.74) is 7.52. The van der Waals surface area contributed by atoms with Crippen molar-refractivity contribution in [3.05, 3.63) is 23.8 Å². The highest BCUT2D eigenvalue weighted by atomic mass is 16.5. The van der Waals surface area contributed by atoms with E-state index in [-0.39, 0.29) is 12.0 Å². The Morgan fingerprint density at radius 3 is 2.75 bits per heavy atom. The summed E-state index contributed by atoms with van der Waals surface area (Å²) < 4.78 is 4.97. The van der Waals surface area contributed by atoms with Crippen molar-refractivity contribution in [2.75, 3.05) is 17.7 Å². The number of ether oxygens (including phenoxy) is 1. The molecule has 0 aliphatic heterocycles. The molecule has 1 aromatic rings. The largest absolute Gasteiger partial charge is 0.462 e. The normalized spacial score (nSPS) is 10.2. The van der Waals surface area contributed by atoms with E-state index in [2.05, 4.69) is 5.32 Å². The molecule has 3 N–H and O–H groups in total. The van der Waals surface area contributed by atoms with Crippen molar-refractivity contribution in [2.24, 2.45) is 0 Å². The Morgan fingerprint density at radius 1 is 1.50 bits per heavy atom. The van der Waals surface area contributed by atoms with Crippen LogP contribution in [-0.4, -0.2) is 18.6 Å². The molecular weight excluding hydrogens is 204 g/mol. The van der Waals surface area contributed by atoms with Crippen molar-refractivity contribution in [3.8, 4) is 0 Å². The number of para-hydroxylation sites is 1. The molecule has 0 aliphatic rings. The fourth-order valence-corrected chi connectivity index (χ4v) is 1.40. The number of hydrogen-bond acceptors (Lipinski definition) is 4. The van der Waals surface area contributed by atoms with Crippen LogP contribution < -0.4 is 11.1 Å². The van der Waals surface area contributed by atoms with E-state index in [1.807, 2.05) is 13.8 Å². The molecule has 0 spiro atoms. The SMILES string of the molecule is CCOC(=O)c1cccc(N)c1NC(C)C. The highest BCUT2D eigenvalue weighted by Gasteiger charge is 2.14. The molecule has 0 aromatic heterocycles. The van der Waals surface area contributed by atoms with Crippen molar-refractivity contribution in [2.45, 2.75) is 26.8 Å². The minimum absolute atomic E-state index is 0.206. The summed E-state index contributed by atoms with van der Waals surface area (Å²) in [7, 11) is 0. The maximum atomic E-state index is 11.7. The third-order valence-electron chi connectivity index (χ3n) is 2.03. The van der Waals surface area contributed by atoms with Gasteiger partial charge in [0.05, 0.1) is 23.5 Å². The third-order valence-corrected chi connectivity index (χ3v) is 2.03. The van der Waals surface area contributed by atoms with Gasteiger partial charge < -0.3 is 15.8 Å². The minimum Gasteiger partial charge on any atom is -0.462 e. The number of nitrogens with one attached hydrogen (secondary N) is 1. The highest BCUT2D eigenvalue weighted by Crippen LogP contribution is 2.24. The van der Waals surface area contributed by atoms with Crippen LogP contribution in [0.25, 0.3) is 0 Å². The lowest BCUT2D eigenvalue weighted by Crippen LogP contribution is -2.16. The first-order valence-electron chi connectivity index (χ1n) is 5.38. The second-order valence-electron chi connectivity index (χ2n) is 3.79. The van der Waals surface area contributed by atoms with Crippen molar-refractivity contribution >= 4 is 17.3 Å².